The quantitative estimate of drug-likeness (QED) is 0.601. The molecule has 0 spiro atoms. The number of hydrogen-bond donors (Lipinski definition) is 1. The highest BCUT2D eigenvalue weighted by Crippen LogP contribution is 2.16. The van der Waals surface area contributed by atoms with Gasteiger partial charge in [0, 0.05) is 11.8 Å². The van der Waals surface area contributed by atoms with Gasteiger partial charge in [0.2, 0.25) is 0 Å². The smallest absolute Gasteiger partial charge is 0.136 e. The molecular weight excluding hydrogens is 124 g/mol. The second-order valence-electron chi connectivity index (χ2n) is 1.94. The largest absolute Gasteiger partial charge is 0.346 e. The summed E-state index contributed by atoms with van der Waals surface area (Å²) in [4.78, 5) is 6.75. The van der Waals surface area contributed by atoms with Gasteiger partial charge in [0.15, 0.2) is 0 Å². The van der Waals surface area contributed by atoms with Crippen LogP contribution in [0.2, 0.25) is 0 Å². The second kappa shape index (κ2) is 3.01. The van der Waals surface area contributed by atoms with Crippen molar-refractivity contribution in [3.8, 4) is 0 Å². The van der Waals surface area contributed by atoms with Gasteiger partial charge in [-0.05, 0) is 19.7 Å². The van der Waals surface area contributed by atoms with E-state index in [9.17, 15) is 0 Å². The molecule has 0 bridgehead atoms. The highest BCUT2D eigenvalue weighted by Gasteiger charge is 1.93. The van der Waals surface area contributed by atoms with Gasteiger partial charge < -0.3 is 4.98 Å². The minimum Gasteiger partial charge on any atom is -0.346 e. The predicted octanol–water partition coefficient (Wildman–Crippen LogP) is 2.38. The first-order valence-electron chi connectivity index (χ1n) is 3.15. The van der Waals surface area contributed by atoms with Crippen LogP contribution >= 0.6 is 0 Å². The van der Waals surface area contributed by atoms with E-state index in [2.05, 4.69) is 16.7 Å². The summed E-state index contributed by atoms with van der Waals surface area (Å²) in [5.41, 5.74) is 1.08. The van der Waals surface area contributed by atoms with Gasteiger partial charge >= 0.3 is 0 Å². The Labute approximate surface area is 60.3 Å². The van der Waals surface area contributed by atoms with Crippen LogP contribution in [0.3, 0.4) is 0 Å². The lowest BCUT2D eigenvalue weighted by atomic mass is 10.3. The van der Waals surface area contributed by atoms with Crippen molar-refractivity contribution < 1.29 is 0 Å². The molecule has 2 nitrogen and oxygen atoms in total. The molecule has 2 heteroatoms. The number of nitrogens with zero attached hydrogens (tertiary/aromatic N) is 1. The molecule has 1 heterocycles. The van der Waals surface area contributed by atoms with E-state index >= 15 is 0 Å². The first-order valence-corrected chi connectivity index (χ1v) is 3.15. The number of aromatic amines is 1. The molecule has 0 amide bonds. The lowest BCUT2D eigenvalue weighted by Crippen LogP contribution is -1.64. The summed E-state index contributed by atoms with van der Waals surface area (Å²) in [6.45, 7) is 5.40. The third-order valence-corrected chi connectivity index (χ3v) is 1.26. The zero-order valence-corrected chi connectivity index (χ0v) is 5.96. The number of aliphatic imine (C=N–C) groups is 1. The average Bonchev–Trinajstić information content (AvgIpc) is 2.36. The van der Waals surface area contributed by atoms with Gasteiger partial charge in [-0.1, -0.05) is 12.2 Å². The Hall–Kier alpha value is -1.31. The lowest BCUT2D eigenvalue weighted by molar-refractivity contribution is 1.35. The van der Waals surface area contributed by atoms with Crippen LogP contribution in [0.25, 0.3) is 6.08 Å². The zero-order chi connectivity index (χ0) is 7.40. The van der Waals surface area contributed by atoms with Crippen LogP contribution in [0.1, 0.15) is 12.5 Å². The Bertz CT molecular complexity index is 246. The normalized spacial score (nSPS) is 10.5. The molecule has 0 saturated heterocycles. The van der Waals surface area contributed by atoms with Gasteiger partial charge in [-0.3, -0.25) is 0 Å². The van der Waals surface area contributed by atoms with Crippen LogP contribution in [0.15, 0.2) is 23.3 Å². The summed E-state index contributed by atoms with van der Waals surface area (Å²) in [6.07, 6.45) is 5.80. The number of allylic oxidation sites excluding steroid dienone is 1. The molecule has 52 valence electrons. The van der Waals surface area contributed by atoms with Gasteiger partial charge in [0.05, 0.1) is 0 Å². The van der Waals surface area contributed by atoms with Crippen molar-refractivity contribution in [2.75, 3.05) is 0 Å². The minimum atomic E-state index is 0.832. The van der Waals surface area contributed by atoms with Crippen molar-refractivity contribution in [3.63, 3.8) is 0 Å². The summed E-state index contributed by atoms with van der Waals surface area (Å²) < 4.78 is 0. The summed E-state index contributed by atoms with van der Waals surface area (Å²) >= 11 is 0. The Kier molecular flexibility index (Phi) is 2.05. The van der Waals surface area contributed by atoms with Gasteiger partial charge in [-0.2, -0.15) is 0 Å². The van der Waals surface area contributed by atoms with Crippen LogP contribution in [-0.4, -0.2) is 11.7 Å². The number of aromatic nitrogens is 1. The van der Waals surface area contributed by atoms with Gasteiger partial charge in [0.1, 0.15) is 5.82 Å². The highest BCUT2D eigenvalue weighted by atomic mass is 14.9. The molecule has 0 aliphatic rings. The summed E-state index contributed by atoms with van der Waals surface area (Å²) in [7, 11) is 0. The SMILES string of the molecule is C=Nc1[nH]ccc1C=CC. The monoisotopic (exact) mass is 134 g/mol. The van der Waals surface area contributed by atoms with Gasteiger partial charge in [-0.25, -0.2) is 4.99 Å². The fourth-order valence-corrected chi connectivity index (χ4v) is 0.824. The minimum absolute atomic E-state index is 0.832. The molecule has 1 rings (SSSR count). The molecule has 0 aliphatic heterocycles. The predicted molar refractivity (Wildman–Crippen MR) is 44.7 cm³/mol. The van der Waals surface area contributed by atoms with Crippen LogP contribution in [-0.2, 0) is 0 Å². The molecule has 0 saturated carbocycles. The Morgan fingerprint density at radius 3 is 3.10 bits per heavy atom. The maximum absolute atomic E-state index is 3.79. The Balaban J connectivity index is 3.00. The molecule has 0 aromatic carbocycles. The lowest BCUT2D eigenvalue weighted by Gasteiger charge is -1.87. The highest BCUT2D eigenvalue weighted by molar-refractivity contribution is 5.62. The van der Waals surface area contributed by atoms with Crippen molar-refractivity contribution in [3.05, 3.63) is 23.9 Å². The van der Waals surface area contributed by atoms with E-state index < -0.39 is 0 Å². The van der Waals surface area contributed by atoms with Crippen LogP contribution in [0.4, 0.5) is 5.82 Å². The molecule has 0 unspecified atom stereocenters. The third kappa shape index (κ3) is 1.16. The summed E-state index contributed by atoms with van der Waals surface area (Å²) in [5.74, 6) is 0.832. The molecule has 1 aromatic heterocycles. The van der Waals surface area contributed by atoms with Crippen molar-refractivity contribution in [1.29, 1.82) is 0 Å². The zero-order valence-electron chi connectivity index (χ0n) is 5.96. The number of hydrogen-bond acceptors (Lipinski definition) is 1. The summed E-state index contributed by atoms with van der Waals surface area (Å²) in [6, 6.07) is 1.96. The number of rotatable bonds is 2. The van der Waals surface area contributed by atoms with Crippen molar-refractivity contribution in [2.24, 2.45) is 4.99 Å². The average molecular weight is 134 g/mol. The molecule has 0 atom stereocenters. The van der Waals surface area contributed by atoms with Crippen molar-refractivity contribution >= 4 is 18.6 Å². The Morgan fingerprint density at radius 1 is 1.70 bits per heavy atom. The van der Waals surface area contributed by atoms with E-state index in [1.807, 2.05) is 31.3 Å². The van der Waals surface area contributed by atoms with Crippen LogP contribution in [0, 0.1) is 0 Å². The fraction of sp³-hybridized carbons (Fsp3) is 0.125. The van der Waals surface area contributed by atoms with E-state index in [0.717, 1.165) is 11.4 Å². The molecule has 0 aliphatic carbocycles. The van der Waals surface area contributed by atoms with Crippen molar-refractivity contribution in [2.45, 2.75) is 6.92 Å². The molecule has 1 aromatic rings. The molecule has 10 heavy (non-hydrogen) atoms. The number of H-pyrrole nitrogens is 1. The first kappa shape index (κ1) is 6.81. The maximum Gasteiger partial charge on any atom is 0.136 e. The van der Waals surface area contributed by atoms with Gasteiger partial charge in [-0.15, -0.1) is 0 Å². The van der Waals surface area contributed by atoms with Crippen LogP contribution < -0.4 is 0 Å². The molecule has 1 N–H and O–H groups in total. The first-order chi connectivity index (χ1) is 4.88. The molecular formula is C8H10N2. The van der Waals surface area contributed by atoms with E-state index in [1.54, 1.807) is 0 Å². The Morgan fingerprint density at radius 2 is 2.50 bits per heavy atom. The van der Waals surface area contributed by atoms with E-state index in [1.165, 1.54) is 0 Å². The topological polar surface area (TPSA) is 28.1 Å². The fourth-order valence-electron chi connectivity index (χ4n) is 0.824. The maximum atomic E-state index is 3.79. The third-order valence-electron chi connectivity index (χ3n) is 1.26. The second-order valence-corrected chi connectivity index (χ2v) is 1.94. The van der Waals surface area contributed by atoms with E-state index in [-0.39, 0.29) is 0 Å². The number of nitrogens with one attached hydrogen (secondary N) is 1. The van der Waals surface area contributed by atoms with Crippen LogP contribution in [0.5, 0.6) is 0 Å². The van der Waals surface area contributed by atoms with E-state index in [4.69, 9.17) is 0 Å². The molecule has 0 fully saturated rings. The summed E-state index contributed by atoms with van der Waals surface area (Å²) in [5, 5.41) is 0. The van der Waals surface area contributed by atoms with E-state index in [0.29, 0.717) is 0 Å². The standard InChI is InChI=1S/C8H10N2/c1-3-4-7-5-6-10-8(7)9-2/h3-6,10H,2H2,1H3. The van der Waals surface area contributed by atoms with Gasteiger partial charge in [0.25, 0.3) is 0 Å². The molecule has 0 radical (unpaired) electrons. The van der Waals surface area contributed by atoms with Crippen molar-refractivity contribution in [1.82, 2.24) is 4.98 Å².